The summed E-state index contributed by atoms with van der Waals surface area (Å²) >= 11 is 1.26. The van der Waals surface area contributed by atoms with Gasteiger partial charge in [0, 0.05) is 10.9 Å². The molecule has 0 aliphatic heterocycles. The lowest BCUT2D eigenvalue weighted by Gasteiger charge is -2.20. The molecule has 35 heavy (non-hydrogen) atoms. The standard InChI is InChI=1S/C27H31FN2O4S/c1-3-4-5-6-7-8-17-34-23-15-13-22(14-16-23)30(25(31)18-26(32)33-2)27-29-24(19-35-27)20-9-11-21(28)12-10-20/h9-16,19H,3-8,17-18H2,1-2H3. The van der Waals surface area contributed by atoms with Crippen molar-refractivity contribution >= 4 is 34.0 Å². The van der Waals surface area contributed by atoms with Gasteiger partial charge in [0.2, 0.25) is 5.91 Å². The molecule has 0 atom stereocenters. The molecule has 1 aromatic heterocycles. The number of aromatic nitrogens is 1. The first-order valence-electron chi connectivity index (χ1n) is 11.9. The summed E-state index contributed by atoms with van der Waals surface area (Å²) in [5.74, 6) is -0.710. The number of methoxy groups -OCH3 is 1. The first kappa shape index (κ1) is 26.3. The van der Waals surface area contributed by atoms with Gasteiger partial charge < -0.3 is 9.47 Å². The Labute approximate surface area is 209 Å². The zero-order chi connectivity index (χ0) is 25.0. The van der Waals surface area contributed by atoms with Crippen LogP contribution >= 0.6 is 11.3 Å². The fraction of sp³-hybridized carbons (Fsp3) is 0.370. The highest BCUT2D eigenvalue weighted by Crippen LogP contribution is 2.33. The number of hydrogen-bond acceptors (Lipinski definition) is 6. The van der Waals surface area contributed by atoms with E-state index in [1.54, 1.807) is 41.8 Å². The molecule has 0 aliphatic rings. The van der Waals surface area contributed by atoms with Gasteiger partial charge in [-0.05, 0) is 55.0 Å². The van der Waals surface area contributed by atoms with Crippen LogP contribution in [-0.2, 0) is 14.3 Å². The van der Waals surface area contributed by atoms with E-state index < -0.39 is 18.3 Å². The number of carbonyl (C=O) groups is 2. The molecule has 0 fully saturated rings. The third-order valence-electron chi connectivity index (χ3n) is 5.46. The van der Waals surface area contributed by atoms with Crippen LogP contribution in [0.1, 0.15) is 51.9 Å². The number of thiazole rings is 1. The van der Waals surface area contributed by atoms with E-state index >= 15 is 0 Å². The summed E-state index contributed by atoms with van der Waals surface area (Å²) in [6.45, 7) is 2.85. The Bertz CT molecular complexity index is 1080. The minimum atomic E-state index is -0.630. The van der Waals surface area contributed by atoms with Crippen LogP contribution in [0.15, 0.2) is 53.9 Å². The molecule has 3 aromatic rings. The number of anilines is 2. The van der Waals surface area contributed by atoms with Crippen molar-refractivity contribution in [1.29, 1.82) is 0 Å². The predicted molar refractivity (Wildman–Crippen MR) is 137 cm³/mol. The quantitative estimate of drug-likeness (QED) is 0.145. The maximum absolute atomic E-state index is 13.3. The fourth-order valence-electron chi connectivity index (χ4n) is 3.52. The van der Waals surface area contributed by atoms with Crippen LogP contribution in [0.3, 0.4) is 0 Å². The molecular formula is C27H31FN2O4S. The number of halogens is 1. The Balaban J connectivity index is 1.72. The lowest BCUT2D eigenvalue weighted by molar-refractivity contribution is -0.143. The second-order valence-corrected chi connectivity index (χ2v) is 8.95. The van der Waals surface area contributed by atoms with E-state index in [4.69, 9.17) is 4.74 Å². The minimum absolute atomic E-state index is 0.335. The van der Waals surface area contributed by atoms with Crippen LogP contribution in [0.5, 0.6) is 5.75 Å². The number of nitrogens with zero attached hydrogens (tertiary/aromatic N) is 2. The van der Waals surface area contributed by atoms with E-state index in [1.165, 1.54) is 61.2 Å². The van der Waals surface area contributed by atoms with Gasteiger partial charge in [-0.2, -0.15) is 0 Å². The van der Waals surface area contributed by atoms with Crippen molar-refractivity contribution in [2.45, 2.75) is 51.9 Å². The molecule has 3 rings (SSSR count). The van der Waals surface area contributed by atoms with Gasteiger partial charge in [-0.1, -0.05) is 39.0 Å². The topological polar surface area (TPSA) is 68.7 Å². The molecule has 186 valence electrons. The Morgan fingerprint density at radius 2 is 1.66 bits per heavy atom. The lowest BCUT2D eigenvalue weighted by atomic mass is 10.1. The van der Waals surface area contributed by atoms with E-state index in [9.17, 15) is 14.0 Å². The highest BCUT2D eigenvalue weighted by molar-refractivity contribution is 7.14. The number of unbranched alkanes of at least 4 members (excludes halogenated alkanes) is 5. The summed E-state index contributed by atoms with van der Waals surface area (Å²) in [5, 5.41) is 2.19. The van der Waals surface area contributed by atoms with Crippen molar-refractivity contribution in [3.05, 3.63) is 59.7 Å². The molecule has 0 bridgehead atoms. The maximum Gasteiger partial charge on any atom is 0.315 e. The number of ether oxygens (including phenoxy) is 2. The van der Waals surface area contributed by atoms with E-state index in [1.807, 2.05) is 0 Å². The zero-order valence-electron chi connectivity index (χ0n) is 20.2. The molecular weight excluding hydrogens is 467 g/mol. The van der Waals surface area contributed by atoms with E-state index in [2.05, 4.69) is 16.6 Å². The third kappa shape index (κ3) is 7.89. The Morgan fingerprint density at radius 1 is 0.971 bits per heavy atom. The molecule has 6 nitrogen and oxygen atoms in total. The molecule has 0 N–H and O–H groups in total. The Morgan fingerprint density at radius 3 is 2.34 bits per heavy atom. The first-order chi connectivity index (χ1) is 17.0. The van der Waals surface area contributed by atoms with Gasteiger partial charge in [0.05, 0.1) is 25.1 Å². The molecule has 0 aliphatic carbocycles. The molecule has 0 spiro atoms. The van der Waals surface area contributed by atoms with Crippen molar-refractivity contribution in [1.82, 2.24) is 4.98 Å². The summed E-state index contributed by atoms with van der Waals surface area (Å²) in [4.78, 5) is 30.8. The van der Waals surface area contributed by atoms with E-state index in [0.717, 1.165) is 18.4 Å². The van der Waals surface area contributed by atoms with Crippen LogP contribution in [0.25, 0.3) is 11.3 Å². The SMILES string of the molecule is CCCCCCCCOc1ccc(N(C(=O)CC(=O)OC)c2nc(-c3ccc(F)cc3)cs2)cc1. The van der Waals surface area contributed by atoms with Crippen LogP contribution in [-0.4, -0.2) is 30.6 Å². The van der Waals surface area contributed by atoms with Crippen LogP contribution in [0.4, 0.5) is 15.2 Å². The Hall–Kier alpha value is -3.26. The van der Waals surface area contributed by atoms with Gasteiger partial charge in [-0.15, -0.1) is 11.3 Å². The van der Waals surface area contributed by atoms with Crippen LogP contribution in [0.2, 0.25) is 0 Å². The van der Waals surface area contributed by atoms with Gasteiger partial charge in [0.15, 0.2) is 5.13 Å². The number of amides is 1. The predicted octanol–water partition coefficient (Wildman–Crippen LogP) is 6.92. The van der Waals surface area contributed by atoms with E-state index in [-0.39, 0.29) is 5.82 Å². The van der Waals surface area contributed by atoms with Crippen molar-refractivity contribution in [3.8, 4) is 17.0 Å². The third-order valence-corrected chi connectivity index (χ3v) is 6.28. The second kappa shape index (κ2) is 13.6. The summed E-state index contributed by atoms with van der Waals surface area (Å²) in [6.07, 6.45) is 6.73. The van der Waals surface area contributed by atoms with Crippen molar-refractivity contribution < 1.29 is 23.5 Å². The van der Waals surface area contributed by atoms with Crippen molar-refractivity contribution in [2.75, 3.05) is 18.6 Å². The normalized spacial score (nSPS) is 10.7. The molecule has 0 radical (unpaired) electrons. The molecule has 2 aromatic carbocycles. The highest BCUT2D eigenvalue weighted by atomic mass is 32.1. The van der Waals surface area contributed by atoms with Gasteiger partial charge in [-0.25, -0.2) is 9.37 Å². The number of esters is 1. The van der Waals surface area contributed by atoms with Crippen molar-refractivity contribution in [3.63, 3.8) is 0 Å². The summed E-state index contributed by atoms with van der Waals surface area (Å²) in [5.41, 5.74) is 1.90. The van der Waals surface area contributed by atoms with Gasteiger partial charge in [0.1, 0.15) is 18.0 Å². The second-order valence-electron chi connectivity index (χ2n) is 8.11. The average Bonchev–Trinajstić information content (AvgIpc) is 3.34. The molecule has 0 saturated carbocycles. The average molecular weight is 499 g/mol. The lowest BCUT2D eigenvalue weighted by Crippen LogP contribution is -2.28. The summed E-state index contributed by atoms with van der Waals surface area (Å²) in [6, 6.07) is 13.1. The molecule has 1 heterocycles. The molecule has 1 amide bonds. The molecule has 0 saturated heterocycles. The first-order valence-corrected chi connectivity index (χ1v) is 12.7. The van der Waals surface area contributed by atoms with E-state index in [0.29, 0.717) is 28.9 Å². The number of rotatable bonds is 13. The number of carbonyl (C=O) groups excluding carboxylic acids is 2. The van der Waals surface area contributed by atoms with Gasteiger partial charge >= 0.3 is 5.97 Å². The van der Waals surface area contributed by atoms with Gasteiger partial charge in [-0.3, -0.25) is 14.5 Å². The minimum Gasteiger partial charge on any atom is -0.494 e. The summed E-state index contributed by atoms with van der Waals surface area (Å²) in [7, 11) is 1.24. The summed E-state index contributed by atoms with van der Waals surface area (Å²) < 4.78 is 23.8. The smallest absolute Gasteiger partial charge is 0.315 e. The van der Waals surface area contributed by atoms with Gasteiger partial charge in [0.25, 0.3) is 0 Å². The van der Waals surface area contributed by atoms with Crippen molar-refractivity contribution in [2.24, 2.45) is 0 Å². The largest absolute Gasteiger partial charge is 0.494 e. The highest BCUT2D eigenvalue weighted by Gasteiger charge is 2.24. The molecule has 0 unspecified atom stereocenters. The zero-order valence-corrected chi connectivity index (χ0v) is 21.0. The number of hydrogen-bond donors (Lipinski definition) is 0. The monoisotopic (exact) mass is 498 g/mol. The van der Waals surface area contributed by atoms with Crippen LogP contribution in [0, 0.1) is 5.82 Å². The molecule has 8 heteroatoms. The number of benzene rings is 2. The fourth-order valence-corrected chi connectivity index (χ4v) is 4.39. The maximum atomic E-state index is 13.3. The Kier molecular flexibility index (Phi) is 10.2. The van der Waals surface area contributed by atoms with Crippen LogP contribution < -0.4 is 9.64 Å².